The molecule has 4 aliphatic rings. The van der Waals surface area contributed by atoms with Crippen LogP contribution in [0.4, 0.5) is 91.7 Å². The first-order chi connectivity index (χ1) is 54.8. The Morgan fingerprint density at radius 3 is 0.896 bits per heavy atom. The van der Waals surface area contributed by atoms with Crippen molar-refractivity contribution in [2.24, 2.45) is 0 Å². The smallest absolute Gasteiger partial charge is 0.145 e. The van der Waals surface area contributed by atoms with Crippen LogP contribution < -0.4 is 39.2 Å². The summed E-state index contributed by atoms with van der Waals surface area (Å²) >= 11 is 0. The molecule has 574 valence electrons. The molecule has 16 aromatic rings. The van der Waals surface area contributed by atoms with Crippen LogP contribution in [0.3, 0.4) is 0 Å². The standard InChI is InChI=1S/C26H20N2.C25H19N3.C24H18N4.C23H16N4.4Ir/c1-20-18-22(21-10-4-2-5-11-21)16-17-24(20)28-19-27(23-12-6-3-7-13-23)25-14-8-9-15-26(25)28;1-19-17-21(20-9-4-2-5-10-20)14-15-23(19)28-18-27(22-11-6-3-7-12-22)25-24(28)13-8-16-26-25;1-18-16-20(19-8-4-2-5-9-19)12-13-22(18)28-17-27(21-10-6-3-7-11-21)23-24(28)26-15-14-25-23;1-3-9-18(10-4-1)20-13-7-8-14-21(20)27-17-26(19-11-5-2-6-12-19)22-23(27)25-16-15-24-22;;;;/h2-12,14-19H,1H3;2-11,13-18H,1H3;2-10,12-17H,1H3;1-11,13-17H;;;;/q4*-2;;;;. The molecule has 0 N–H and O–H groups in total. The minimum absolute atomic E-state index is 0. The monoisotopic (exact) mass is 2200 g/mol. The molecule has 0 saturated heterocycles. The molecule has 7 heterocycles. The summed E-state index contributed by atoms with van der Waals surface area (Å²) in [7, 11) is 0. The summed E-state index contributed by atoms with van der Waals surface area (Å²) in [6.07, 6.45) is 8.72. The maximum absolute atomic E-state index is 4.62. The van der Waals surface area contributed by atoms with Crippen LogP contribution in [-0.4, -0.2) is 24.9 Å². The Morgan fingerprint density at radius 1 is 0.209 bits per heavy atom. The Bertz CT molecular complexity index is 5420. The fourth-order valence-electron chi connectivity index (χ4n) is 14.2. The van der Waals surface area contributed by atoms with E-state index in [0.717, 1.165) is 91.4 Å². The van der Waals surface area contributed by atoms with Gasteiger partial charge in [0.15, 0.2) is 0 Å². The van der Waals surface area contributed by atoms with Crippen molar-refractivity contribution in [2.75, 3.05) is 39.2 Å². The average Bonchev–Trinajstić information content (AvgIpc) is 1.64. The van der Waals surface area contributed by atoms with Crippen LogP contribution in [0.25, 0.3) is 44.5 Å². The van der Waals surface area contributed by atoms with Crippen LogP contribution in [0.2, 0.25) is 0 Å². The quantitative estimate of drug-likeness (QED) is 0.109. The van der Waals surface area contributed by atoms with Crippen molar-refractivity contribution in [3.05, 3.63) is 432 Å². The predicted octanol–water partition coefficient (Wildman–Crippen LogP) is 24.1. The number of nitrogens with zero attached hydrogens (tertiary/aromatic N) is 13. The first-order valence-electron chi connectivity index (χ1n) is 36.7. The molecule has 3 aromatic heterocycles. The summed E-state index contributed by atoms with van der Waals surface area (Å²) in [5.74, 6) is 4.13. The summed E-state index contributed by atoms with van der Waals surface area (Å²) < 4.78 is 0. The minimum atomic E-state index is 0. The first-order valence-corrected chi connectivity index (χ1v) is 36.7. The third-order valence-electron chi connectivity index (χ3n) is 19.6. The number of aromatic nitrogens is 5. The Labute approximate surface area is 727 Å². The molecule has 115 heavy (non-hydrogen) atoms. The van der Waals surface area contributed by atoms with Crippen LogP contribution in [0.1, 0.15) is 16.7 Å². The van der Waals surface area contributed by atoms with Gasteiger partial charge in [0, 0.05) is 151 Å². The maximum atomic E-state index is 4.62. The first kappa shape index (κ1) is 81.2. The SMILES string of the molecule is Cc1cc(-c2ccccc2)ccc1N1[CH-]N(c2[c-]cccc2)c2ccccc21.Cc1cc(-c2ccccc2)ccc1N1[CH-]N(c2[c-]cccc2)c2ncccc21.Cc1cc(-c2ccccc2)ccc1N1[CH-]N(c2[c-]cccc2)c2nccnc21.[Ir].[Ir].[Ir].[Ir].[c-]1ccccc1N1[CH-]N(c2ccccc2-c2ccccc2)c2nccnc21. The van der Waals surface area contributed by atoms with E-state index in [2.05, 4.69) is 325 Å². The zero-order chi connectivity index (χ0) is 74.8. The molecule has 0 unspecified atom stereocenters. The number of para-hydroxylation sites is 7. The van der Waals surface area contributed by atoms with Crippen molar-refractivity contribution in [3.63, 3.8) is 0 Å². The van der Waals surface area contributed by atoms with Crippen molar-refractivity contribution < 1.29 is 80.4 Å². The molecule has 0 aliphatic carbocycles. The zero-order valence-electron chi connectivity index (χ0n) is 62.6. The molecule has 17 heteroatoms. The van der Waals surface area contributed by atoms with E-state index in [1.807, 2.05) is 151 Å². The second kappa shape index (κ2) is 37.9. The summed E-state index contributed by atoms with van der Waals surface area (Å²) in [5, 5.41) is 0. The molecule has 20 rings (SSSR count). The van der Waals surface area contributed by atoms with Crippen LogP contribution >= 0.6 is 0 Å². The normalized spacial score (nSPS) is 12.4. The van der Waals surface area contributed by atoms with Gasteiger partial charge in [0.1, 0.15) is 29.1 Å². The van der Waals surface area contributed by atoms with E-state index in [9.17, 15) is 0 Å². The van der Waals surface area contributed by atoms with Crippen molar-refractivity contribution in [1.29, 1.82) is 0 Å². The van der Waals surface area contributed by atoms with Gasteiger partial charge < -0.3 is 39.2 Å². The Kier molecular flexibility index (Phi) is 26.7. The van der Waals surface area contributed by atoms with Gasteiger partial charge in [0.2, 0.25) is 0 Å². The van der Waals surface area contributed by atoms with Gasteiger partial charge in [-0.1, -0.05) is 170 Å². The number of benzene rings is 13. The van der Waals surface area contributed by atoms with Gasteiger partial charge in [0.05, 0.1) is 5.69 Å². The third kappa shape index (κ3) is 17.5. The number of rotatable bonds is 12. The second-order valence-corrected chi connectivity index (χ2v) is 26.6. The van der Waals surface area contributed by atoms with E-state index in [1.54, 1.807) is 24.8 Å². The number of hydrogen-bond donors (Lipinski definition) is 0. The molecule has 13 nitrogen and oxygen atoms in total. The molecule has 0 atom stereocenters. The molecule has 0 bridgehead atoms. The molecule has 4 aliphatic heterocycles. The topological polar surface area (TPSA) is 90.4 Å². The van der Waals surface area contributed by atoms with Gasteiger partial charge in [-0.25, -0.2) is 24.9 Å². The Balaban J connectivity index is 0.000000132. The molecule has 0 amide bonds. The van der Waals surface area contributed by atoms with Crippen LogP contribution in [0, 0.1) is 71.7 Å². The zero-order valence-corrected chi connectivity index (χ0v) is 72.2. The minimum Gasteiger partial charge on any atom is -0.493 e. The van der Waals surface area contributed by atoms with E-state index >= 15 is 0 Å². The van der Waals surface area contributed by atoms with Crippen molar-refractivity contribution in [1.82, 2.24) is 24.9 Å². The number of hydrogen-bond acceptors (Lipinski definition) is 13. The van der Waals surface area contributed by atoms with Crippen LogP contribution in [0.15, 0.2) is 365 Å². The molecular formula is C98H73Ir4N13-8. The molecular weight excluding hydrogens is 2130 g/mol. The van der Waals surface area contributed by atoms with E-state index < -0.39 is 0 Å². The molecule has 4 radical (unpaired) electrons. The van der Waals surface area contributed by atoms with Crippen molar-refractivity contribution in [3.8, 4) is 44.5 Å². The van der Waals surface area contributed by atoms with Gasteiger partial charge in [0.25, 0.3) is 0 Å². The van der Waals surface area contributed by atoms with Gasteiger partial charge >= 0.3 is 0 Å². The summed E-state index contributed by atoms with van der Waals surface area (Å²) in [5.41, 5.74) is 25.0. The van der Waals surface area contributed by atoms with Crippen molar-refractivity contribution in [2.45, 2.75) is 20.8 Å². The van der Waals surface area contributed by atoms with E-state index in [-0.39, 0.29) is 80.4 Å². The molecule has 0 spiro atoms. The van der Waals surface area contributed by atoms with Crippen LogP contribution in [0.5, 0.6) is 0 Å². The maximum Gasteiger partial charge on any atom is 0.145 e. The largest absolute Gasteiger partial charge is 0.493 e. The van der Waals surface area contributed by atoms with Gasteiger partial charge in [-0.2, -0.15) is 121 Å². The number of pyridine rings is 1. The van der Waals surface area contributed by atoms with Gasteiger partial charge in [-0.15, -0.1) is 49.4 Å². The molecule has 0 fully saturated rings. The summed E-state index contributed by atoms with van der Waals surface area (Å²) in [6, 6.07) is 127. The number of anilines is 16. The van der Waals surface area contributed by atoms with E-state index in [1.165, 1.54) is 61.4 Å². The van der Waals surface area contributed by atoms with Crippen molar-refractivity contribution >= 4 is 91.7 Å². The molecule has 13 aromatic carbocycles. The Hall–Kier alpha value is -11.8. The van der Waals surface area contributed by atoms with Gasteiger partial charge in [-0.3, -0.25) is 0 Å². The number of fused-ring (bicyclic) bond motifs is 4. The Morgan fingerprint density at radius 2 is 0.496 bits per heavy atom. The fourth-order valence-corrected chi connectivity index (χ4v) is 14.2. The second-order valence-electron chi connectivity index (χ2n) is 26.6. The predicted molar refractivity (Wildman–Crippen MR) is 452 cm³/mol. The van der Waals surface area contributed by atoms with E-state index in [0.29, 0.717) is 0 Å². The van der Waals surface area contributed by atoms with Gasteiger partial charge in [-0.05, 0) is 143 Å². The number of aryl methyl sites for hydroxylation is 3. The fraction of sp³-hybridized carbons (Fsp3) is 0.0306. The summed E-state index contributed by atoms with van der Waals surface area (Å²) in [4.78, 5) is 39.9. The third-order valence-corrected chi connectivity index (χ3v) is 19.6. The molecule has 0 saturated carbocycles. The average molecular weight is 2200 g/mol. The van der Waals surface area contributed by atoms with E-state index in [4.69, 9.17) is 0 Å². The van der Waals surface area contributed by atoms with Crippen LogP contribution in [-0.2, 0) is 80.4 Å². The summed E-state index contributed by atoms with van der Waals surface area (Å²) in [6.45, 7) is 14.8.